The molecule has 2 aromatic rings. The number of carboxylic acids is 1. The molecule has 2 aliphatic heterocycles. The van der Waals surface area contributed by atoms with Crippen LogP contribution in [0.15, 0.2) is 36.4 Å². The molecular formula is C30H39N3O6. The fraction of sp³-hybridized carbons (Fsp3) is 0.500. The number of aryl methyl sites for hydroxylation is 2. The summed E-state index contributed by atoms with van der Waals surface area (Å²) in [5.41, 5.74) is 4.59. The molecule has 1 fully saturated rings. The van der Waals surface area contributed by atoms with Crippen molar-refractivity contribution in [1.82, 2.24) is 9.80 Å². The van der Waals surface area contributed by atoms with Crippen molar-refractivity contribution in [3.8, 4) is 5.75 Å². The van der Waals surface area contributed by atoms with Crippen LogP contribution in [0.4, 0.5) is 15.3 Å². The Bertz CT molecular complexity index is 1170. The number of carbonyl (C=O) groups is 3. The molecule has 9 nitrogen and oxygen atoms in total. The number of aliphatic carboxylic acids is 1. The number of carbonyl (C=O) groups excluding carboxylic acids is 2. The molecule has 2 aromatic carbocycles. The van der Waals surface area contributed by atoms with Crippen molar-refractivity contribution in [3.05, 3.63) is 58.7 Å². The highest BCUT2D eigenvalue weighted by Crippen LogP contribution is 2.27. The lowest BCUT2D eigenvalue weighted by atomic mass is 10.0. The second-order valence-electron chi connectivity index (χ2n) is 10.4. The van der Waals surface area contributed by atoms with Crippen LogP contribution in [0.2, 0.25) is 0 Å². The van der Waals surface area contributed by atoms with E-state index in [2.05, 4.69) is 12.2 Å². The van der Waals surface area contributed by atoms with Gasteiger partial charge in [-0.05, 0) is 67.9 Å². The number of hydrogen-bond donors (Lipinski definition) is 2. The van der Waals surface area contributed by atoms with Crippen molar-refractivity contribution in [2.75, 3.05) is 31.6 Å². The molecule has 2 heterocycles. The zero-order valence-corrected chi connectivity index (χ0v) is 23.1. The first-order chi connectivity index (χ1) is 18.8. The van der Waals surface area contributed by atoms with Gasteiger partial charge >= 0.3 is 18.1 Å². The average Bonchev–Trinajstić information content (AvgIpc) is 3.08. The van der Waals surface area contributed by atoms with Gasteiger partial charge in [0.05, 0.1) is 6.61 Å². The molecule has 210 valence electrons. The number of hydrogen-bond acceptors (Lipinski definition) is 5. The maximum absolute atomic E-state index is 12.9. The lowest BCUT2D eigenvalue weighted by Gasteiger charge is -2.37. The predicted molar refractivity (Wildman–Crippen MR) is 148 cm³/mol. The van der Waals surface area contributed by atoms with Crippen molar-refractivity contribution in [2.24, 2.45) is 0 Å². The molecule has 0 saturated carbocycles. The third kappa shape index (κ3) is 7.02. The first-order valence-corrected chi connectivity index (χ1v) is 13.8. The zero-order valence-electron chi connectivity index (χ0n) is 23.1. The first-order valence-electron chi connectivity index (χ1n) is 13.8. The number of ether oxygens (including phenoxy) is 2. The van der Waals surface area contributed by atoms with Crippen LogP contribution in [0.25, 0.3) is 0 Å². The molecule has 0 radical (unpaired) electrons. The number of nitrogens with one attached hydrogen (secondary N) is 1. The number of likely N-dealkylation sites (tertiary alicyclic amines) is 1. The number of carboxylic acid groups (broad SMARTS) is 1. The highest BCUT2D eigenvalue weighted by molar-refractivity contribution is 5.91. The molecule has 3 amide bonds. The van der Waals surface area contributed by atoms with E-state index in [0.29, 0.717) is 39.1 Å². The third-order valence-corrected chi connectivity index (χ3v) is 7.51. The van der Waals surface area contributed by atoms with Gasteiger partial charge in [-0.1, -0.05) is 43.7 Å². The van der Waals surface area contributed by atoms with Gasteiger partial charge in [-0.2, -0.15) is 0 Å². The Morgan fingerprint density at radius 2 is 1.79 bits per heavy atom. The fourth-order valence-corrected chi connectivity index (χ4v) is 5.39. The van der Waals surface area contributed by atoms with Gasteiger partial charge in [0.2, 0.25) is 6.10 Å². The number of rotatable bonds is 9. The molecule has 9 heteroatoms. The summed E-state index contributed by atoms with van der Waals surface area (Å²) >= 11 is 0. The van der Waals surface area contributed by atoms with E-state index in [1.165, 1.54) is 4.90 Å². The Morgan fingerprint density at radius 3 is 2.46 bits per heavy atom. The summed E-state index contributed by atoms with van der Waals surface area (Å²) in [6, 6.07) is 11.5. The minimum atomic E-state index is -1.30. The highest BCUT2D eigenvalue weighted by Gasteiger charge is 2.33. The van der Waals surface area contributed by atoms with Crippen LogP contribution in [-0.4, -0.2) is 71.4 Å². The van der Waals surface area contributed by atoms with Crippen LogP contribution >= 0.6 is 0 Å². The lowest BCUT2D eigenvalue weighted by molar-refractivity contribution is -0.147. The number of fused-ring (bicyclic) bond motifs is 1. The van der Waals surface area contributed by atoms with E-state index in [1.807, 2.05) is 55.1 Å². The molecule has 1 atom stereocenters. The second-order valence-corrected chi connectivity index (χ2v) is 10.4. The number of unbranched alkanes of at least 4 members (excludes halogenated alkanes) is 1. The number of anilines is 1. The summed E-state index contributed by atoms with van der Waals surface area (Å²) in [4.78, 5) is 41.1. The van der Waals surface area contributed by atoms with Crippen LogP contribution in [0, 0.1) is 13.8 Å². The highest BCUT2D eigenvalue weighted by atomic mass is 16.6. The number of benzene rings is 2. The monoisotopic (exact) mass is 537 g/mol. The van der Waals surface area contributed by atoms with E-state index in [4.69, 9.17) is 9.47 Å². The van der Waals surface area contributed by atoms with E-state index in [0.717, 1.165) is 53.0 Å². The fourth-order valence-electron chi connectivity index (χ4n) is 5.39. The average molecular weight is 538 g/mol. The molecule has 0 aliphatic carbocycles. The molecule has 0 aromatic heterocycles. The van der Waals surface area contributed by atoms with E-state index < -0.39 is 18.2 Å². The Labute approximate surface area is 230 Å². The molecule has 39 heavy (non-hydrogen) atoms. The summed E-state index contributed by atoms with van der Waals surface area (Å²) in [6.07, 6.45) is 2.13. The standard InChI is InChI=1S/C30H39N3O6/c1-4-5-16-38-27-20(2)17-22(18-21(27)3)19-26(28(34)35)39-30(37)32-13-11-24(12-14-32)33-15-10-23-8-6-7-9-25(23)31-29(33)36/h6-9,17-18,24,26H,4-5,10-16,19H2,1-3H3,(H,31,36)(H,34,35)/t26-/m0/s1. The summed E-state index contributed by atoms with van der Waals surface area (Å²) < 4.78 is 11.4. The van der Waals surface area contributed by atoms with E-state index in [-0.39, 0.29) is 18.5 Å². The van der Waals surface area contributed by atoms with Crippen LogP contribution in [0.1, 0.15) is 54.9 Å². The SMILES string of the molecule is CCCCOc1c(C)cc(C[C@H](OC(=O)N2CCC(N3CCc4ccccc4NC3=O)CC2)C(=O)O)cc1C. The van der Waals surface area contributed by atoms with Gasteiger partial charge in [0.1, 0.15) is 5.75 Å². The summed E-state index contributed by atoms with van der Waals surface area (Å²) in [6.45, 7) is 8.03. The van der Waals surface area contributed by atoms with Crippen molar-refractivity contribution in [1.29, 1.82) is 0 Å². The summed E-state index contributed by atoms with van der Waals surface area (Å²) in [5, 5.41) is 12.8. The van der Waals surface area contributed by atoms with Crippen molar-refractivity contribution >= 4 is 23.8 Å². The van der Waals surface area contributed by atoms with Crippen LogP contribution in [0.3, 0.4) is 0 Å². The van der Waals surface area contributed by atoms with Gasteiger partial charge < -0.3 is 29.7 Å². The lowest BCUT2D eigenvalue weighted by Crippen LogP contribution is -2.50. The van der Waals surface area contributed by atoms with Crippen LogP contribution in [-0.2, 0) is 22.4 Å². The number of urea groups is 1. The van der Waals surface area contributed by atoms with E-state index >= 15 is 0 Å². The van der Waals surface area contributed by atoms with Crippen LogP contribution < -0.4 is 10.1 Å². The Morgan fingerprint density at radius 1 is 1.10 bits per heavy atom. The Kier molecular flexibility index (Phi) is 9.32. The molecule has 1 saturated heterocycles. The van der Waals surface area contributed by atoms with Crippen molar-refractivity contribution < 1.29 is 29.0 Å². The number of piperidine rings is 1. The van der Waals surface area contributed by atoms with Gasteiger partial charge in [-0.15, -0.1) is 0 Å². The van der Waals surface area contributed by atoms with Gasteiger partial charge in [-0.3, -0.25) is 0 Å². The number of nitrogens with zero attached hydrogens (tertiary/aromatic N) is 2. The molecule has 2 aliphatic rings. The molecule has 2 N–H and O–H groups in total. The topological polar surface area (TPSA) is 108 Å². The van der Waals surface area contributed by atoms with Gasteiger partial charge in [0.25, 0.3) is 0 Å². The normalized spacial score (nSPS) is 16.6. The maximum Gasteiger partial charge on any atom is 0.410 e. The van der Waals surface area contributed by atoms with E-state index in [9.17, 15) is 19.5 Å². The zero-order chi connectivity index (χ0) is 27.9. The molecule has 0 unspecified atom stereocenters. The number of para-hydroxylation sites is 1. The molecular weight excluding hydrogens is 498 g/mol. The summed E-state index contributed by atoms with van der Waals surface area (Å²) in [7, 11) is 0. The van der Waals surface area contributed by atoms with Crippen LogP contribution in [0.5, 0.6) is 5.75 Å². The molecule has 0 spiro atoms. The predicted octanol–water partition coefficient (Wildman–Crippen LogP) is 5.17. The molecule has 4 rings (SSSR count). The van der Waals surface area contributed by atoms with Gasteiger partial charge in [0, 0.05) is 37.8 Å². The second kappa shape index (κ2) is 12.9. The third-order valence-electron chi connectivity index (χ3n) is 7.51. The maximum atomic E-state index is 12.9. The Balaban J connectivity index is 1.32. The Hall–Kier alpha value is -3.75. The van der Waals surface area contributed by atoms with Gasteiger partial charge in [-0.25, -0.2) is 14.4 Å². The largest absolute Gasteiger partial charge is 0.493 e. The van der Waals surface area contributed by atoms with Crippen molar-refractivity contribution in [3.63, 3.8) is 0 Å². The number of amides is 3. The minimum Gasteiger partial charge on any atom is -0.493 e. The summed E-state index contributed by atoms with van der Waals surface area (Å²) in [5.74, 6) is -0.362. The molecule has 0 bridgehead atoms. The minimum absolute atomic E-state index is 0.00245. The van der Waals surface area contributed by atoms with Gasteiger partial charge in [0.15, 0.2) is 0 Å². The first kappa shape index (κ1) is 28.3. The van der Waals surface area contributed by atoms with E-state index in [1.54, 1.807) is 0 Å². The van der Waals surface area contributed by atoms with Crippen molar-refractivity contribution in [2.45, 2.75) is 71.4 Å². The quantitative estimate of drug-likeness (QED) is 0.427. The smallest absolute Gasteiger partial charge is 0.410 e.